The van der Waals surface area contributed by atoms with E-state index in [1.807, 2.05) is 0 Å². The highest BCUT2D eigenvalue weighted by atomic mass is 32.2. The number of halogens is 3. The maximum Gasteiger partial charge on any atom is 0.433 e. The van der Waals surface area contributed by atoms with E-state index in [1.54, 1.807) is 24.8 Å². The number of hydrogen-bond donors (Lipinski definition) is 0. The Labute approximate surface area is 173 Å². The fraction of sp³-hybridized carbons (Fsp3) is 0.500. The molecule has 29 heavy (non-hydrogen) atoms. The highest BCUT2D eigenvalue weighted by Gasteiger charge is 2.33. The summed E-state index contributed by atoms with van der Waals surface area (Å²) in [7, 11) is 0. The molecule has 2 aromatic rings. The zero-order chi connectivity index (χ0) is 20.6. The van der Waals surface area contributed by atoms with E-state index in [0.717, 1.165) is 38.3 Å². The van der Waals surface area contributed by atoms with Crippen molar-refractivity contribution < 1.29 is 17.9 Å². The molecule has 7 heteroatoms. The first-order valence-corrected chi connectivity index (χ1v) is 11.0. The topological polar surface area (TPSA) is 25.4 Å². The van der Waals surface area contributed by atoms with Crippen molar-refractivity contribution in [1.82, 2.24) is 9.88 Å². The Balaban J connectivity index is 1.35. The molecule has 1 fully saturated rings. The van der Waals surface area contributed by atoms with E-state index in [-0.39, 0.29) is 0 Å². The minimum atomic E-state index is -4.40. The van der Waals surface area contributed by atoms with Crippen LogP contribution in [0.5, 0.6) is 5.75 Å². The van der Waals surface area contributed by atoms with Crippen molar-refractivity contribution in [2.45, 2.75) is 49.9 Å². The molecular formula is C22H25F3N2OS. The van der Waals surface area contributed by atoms with Crippen molar-refractivity contribution in [3.8, 4) is 5.75 Å². The number of fused-ring (bicyclic) bond motifs is 1. The van der Waals surface area contributed by atoms with Gasteiger partial charge in [-0.05, 0) is 61.7 Å². The van der Waals surface area contributed by atoms with E-state index >= 15 is 0 Å². The predicted octanol–water partition coefficient (Wildman–Crippen LogP) is 5.41. The van der Waals surface area contributed by atoms with E-state index in [4.69, 9.17) is 4.74 Å². The molecule has 2 atom stereocenters. The number of thioether (sulfide) groups is 1. The number of aromatic nitrogens is 1. The average molecular weight is 423 g/mol. The van der Waals surface area contributed by atoms with E-state index < -0.39 is 11.9 Å². The Hall–Kier alpha value is -1.73. The van der Waals surface area contributed by atoms with E-state index in [9.17, 15) is 13.2 Å². The molecule has 1 aromatic carbocycles. The highest BCUT2D eigenvalue weighted by Crippen LogP contribution is 2.35. The van der Waals surface area contributed by atoms with E-state index in [2.05, 4.69) is 35.0 Å². The van der Waals surface area contributed by atoms with Gasteiger partial charge in [-0.3, -0.25) is 4.90 Å². The van der Waals surface area contributed by atoms with E-state index in [0.29, 0.717) is 28.3 Å². The summed E-state index contributed by atoms with van der Waals surface area (Å²) >= 11 is 1.74. The fourth-order valence-electron chi connectivity index (χ4n) is 4.08. The monoisotopic (exact) mass is 422 g/mol. The fourth-order valence-corrected chi connectivity index (χ4v) is 5.24. The third-order valence-corrected chi connectivity index (χ3v) is 7.07. The van der Waals surface area contributed by atoms with Gasteiger partial charge in [-0.15, -0.1) is 0 Å². The van der Waals surface area contributed by atoms with Gasteiger partial charge in [-0.1, -0.05) is 12.1 Å². The van der Waals surface area contributed by atoms with Crippen LogP contribution in [0.4, 0.5) is 13.2 Å². The molecule has 0 amide bonds. The molecule has 2 aliphatic heterocycles. The first kappa shape index (κ1) is 20.5. The van der Waals surface area contributed by atoms with Gasteiger partial charge in [0.1, 0.15) is 11.4 Å². The van der Waals surface area contributed by atoms with Gasteiger partial charge >= 0.3 is 6.18 Å². The summed E-state index contributed by atoms with van der Waals surface area (Å²) in [4.78, 5) is 6.08. The number of rotatable bonds is 5. The summed E-state index contributed by atoms with van der Waals surface area (Å²) in [6.07, 6.45) is -2.37. The second kappa shape index (κ2) is 8.19. The highest BCUT2D eigenvalue weighted by molar-refractivity contribution is 7.99. The van der Waals surface area contributed by atoms with E-state index in [1.165, 1.54) is 17.2 Å². The van der Waals surface area contributed by atoms with Gasteiger partial charge in [0.15, 0.2) is 0 Å². The summed E-state index contributed by atoms with van der Waals surface area (Å²) in [5.74, 6) is 1.58. The Morgan fingerprint density at radius 3 is 2.90 bits per heavy atom. The maximum absolute atomic E-state index is 13.0. The van der Waals surface area contributed by atoms with Crippen LogP contribution < -0.4 is 4.74 Å². The maximum atomic E-state index is 13.0. The van der Waals surface area contributed by atoms with Gasteiger partial charge in [0, 0.05) is 35.7 Å². The molecule has 156 valence electrons. The number of ether oxygens (including phenoxy) is 1. The molecule has 0 bridgehead atoms. The number of likely N-dealkylation sites (tertiary alicyclic amines) is 1. The van der Waals surface area contributed by atoms with Crippen LogP contribution in [-0.4, -0.2) is 34.8 Å². The Bertz CT molecular complexity index is 887. The van der Waals surface area contributed by atoms with Crippen molar-refractivity contribution in [3.05, 3.63) is 58.4 Å². The van der Waals surface area contributed by atoms with Gasteiger partial charge < -0.3 is 4.74 Å². The molecule has 4 rings (SSSR count). The van der Waals surface area contributed by atoms with Gasteiger partial charge in [-0.2, -0.15) is 24.9 Å². The number of benzene rings is 1. The Morgan fingerprint density at radius 2 is 2.10 bits per heavy atom. The molecule has 1 saturated heterocycles. The van der Waals surface area contributed by atoms with Crippen LogP contribution in [0.3, 0.4) is 0 Å². The quantitative estimate of drug-likeness (QED) is 0.643. The smallest absolute Gasteiger partial charge is 0.433 e. The van der Waals surface area contributed by atoms with Crippen molar-refractivity contribution >= 4 is 11.8 Å². The molecule has 3 heterocycles. The summed E-state index contributed by atoms with van der Waals surface area (Å²) < 4.78 is 44.7. The van der Waals surface area contributed by atoms with Gasteiger partial charge in [0.25, 0.3) is 0 Å². The number of alkyl halides is 3. The van der Waals surface area contributed by atoms with Crippen LogP contribution in [0.2, 0.25) is 0 Å². The molecule has 1 unspecified atom stereocenters. The largest absolute Gasteiger partial charge is 0.493 e. The van der Waals surface area contributed by atoms with Gasteiger partial charge in [0.05, 0.1) is 6.61 Å². The molecule has 0 spiro atoms. The predicted molar refractivity (Wildman–Crippen MR) is 109 cm³/mol. The SMILES string of the molecule is Cc1cc(CS[C@@H]2CCN(C(C)c3ccc4c(c3)OCC4)C2)cc(C(F)(F)F)n1. The van der Waals surface area contributed by atoms with Crippen LogP contribution in [-0.2, 0) is 18.3 Å². The molecule has 0 radical (unpaired) electrons. The lowest BCUT2D eigenvalue weighted by Crippen LogP contribution is -2.25. The number of hydrogen-bond acceptors (Lipinski definition) is 4. The summed E-state index contributed by atoms with van der Waals surface area (Å²) in [6, 6.07) is 9.75. The van der Waals surface area contributed by atoms with Crippen molar-refractivity contribution in [2.75, 3.05) is 19.7 Å². The molecule has 0 saturated carbocycles. The van der Waals surface area contributed by atoms with Crippen molar-refractivity contribution in [3.63, 3.8) is 0 Å². The molecular weight excluding hydrogens is 397 g/mol. The third kappa shape index (κ3) is 4.72. The lowest BCUT2D eigenvalue weighted by Gasteiger charge is -2.25. The second-order valence-electron chi connectivity index (χ2n) is 7.86. The molecule has 0 N–H and O–H groups in total. The normalized spacial score (nSPS) is 20.5. The minimum Gasteiger partial charge on any atom is -0.493 e. The number of nitrogens with zero attached hydrogens (tertiary/aromatic N) is 2. The Morgan fingerprint density at radius 1 is 1.28 bits per heavy atom. The average Bonchev–Trinajstić information content (AvgIpc) is 3.33. The lowest BCUT2D eigenvalue weighted by atomic mass is 10.0. The zero-order valence-electron chi connectivity index (χ0n) is 16.6. The summed E-state index contributed by atoms with van der Waals surface area (Å²) in [6.45, 7) is 6.54. The second-order valence-corrected chi connectivity index (χ2v) is 9.15. The van der Waals surface area contributed by atoms with Gasteiger partial charge in [-0.25, -0.2) is 4.98 Å². The van der Waals surface area contributed by atoms with Crippen LogP contribution in [0.25, 0.3) is 0 Å². The van der Waals surface area contributed by atoms with Crippen molar-refractivity contribution in [2.24, 2.45) is 0 Å². The van der Waals surface area contributed by atoms with Gasteiger partial charge in [0.2, 0.25) is 0 Å². The molecule has 3 nitrogen and oxygen atoms in total. The van der Waals surface area contributed by atoms with Crippen molar-refractivity contribution in [1.29, 1.82) is 0 Å². The van der Waals surface area contributed by atoms with Crippen LogP contribution in [0, 0.1) is 6.92 Å². The van der Waals surface area contributed by atoms with Crippen LogP contribution in [0.15, 0.2) is 30.3 Å². The lowest BCUT2D eigenvalue weighted by molar-refractivity contribution is -0.141. The first-order valence-electron chi connectivity index (χ1n) is 9.95. The first-order chi connectivity index (χ1) is 13.8. The van der Waals surface area contributed by atoms with Crippen LogP contribution in [0.1, 0.15) is 47.5 Å². The standard InChI is InChI=1S/C22H25F3N2OS/c1-14-9-16(10-21(26-14)22(23,24)25)13-29-19-5-7-27(12-19)15(2)18-4-3-17-6-8-28-20(17)11-18/h3-4,9-11,15,19H,5-8,12-13H2,1-2H3/t15?,19-/m1/s1. The number of pyridine rings is 1. The minimum absolute atomic E-state index is 0.301. The van der Waals surface area contributed by atoms with Crippen LogP contribution >= 0.6 is 11.8 Å². The molecule has 1 aromatic heterocycles. The third-order valence-electron chi connectivity index (χ3n) is 5.72. The Kier molecular flexibility index (Phi) is 5.80. The molecule has 0 aliphatic carbocycles. The number of aryl methyl sites for hydroxylation is 1. The molecule has 2 aliphatic rings. The summed E-state index contributed by atoms with van der Waals surface area (Å²) in [5, 5.41) is 0.422. The summed E-state index contributed by atoms with van der Waals surface area (Å²) in [5.41, 5.74) is 2.85. The zero-order valence-corrected chi connectivity index (χ0v) is 17.4.